The van der Waals surface area contributed by atoms with Crippen LogP contribution in [0.15, 0.2) is 160 Å². The van der Waals surface area contributed by atoms with Crippen LogP contribution in [-0.4, -0.2) is 42.2 Å². The molecule has 6 nitrogen and oxygen atoms in total. The molecule has 3 aromatic carbocycles. The van der Waals surface area contributed by atoms with Crippen molar-refractivity contribution >= 4 is 39.0 Å². The summed E-state index contributed by atoms with van der Waals surface area (Å²) in [5.74, 6) is 1.26. The highest BCUT2D eigenvalue weighted by Gasteiger charge is 2.41. The van der Waals surface area contributed by atoms with Crippen molar-refractivity contribution in [2.75, 3.05) is 11.9 Å². The first-order chi connectivity index (χ1) is 28.0. The molecule has 0 bridgehead atoms. The Bertz CT molecular complexity index is 2470. The van der Waals surface area contributed by atoms with Crippen molar-refractivity contribution in [2.24, 2.45) is 22.6 Å². The van der Waals surface area contributed by atoms with Crippen molar-refractivity contribution in [1.29, 1.82) is 0 Å². The van der Waals surface area contributed by atoms with E-state index in [0.717, 1.165) is 71.0 Å². The van der Waals surface area contributed by atoms with Crippen LogP contribution in [0.4, 0.5) is 5.69 Å². The summed E-state index contributed by atoms with van der Waals surface area (Å²) >= 11 is 0. The Labute approximate surface area is 336 Å². The predicted molar refractivity (Wildman–Crippen MR) is 237 cm³/mol. The molecule has 7 unspecified atom stereocenters. The van der Waals surface area contributed by atoms with Gasteiger partial charge in [-0.15, -0.1) is 0 Å². The van der Waals surface area contributed by atoms with Gasteiger partial charge < -0.3 is 20.4 Å². The van der Waals surface area contributed by atoms with E-state index in [2.05, 4.69) is 169 Å². The molecule has 0 saturated heterocycles. The van der Waals surface area contributed by atoms with E-state index in [1.165, 1.54) is 40.8 Å². The normalized spacial score (nSPS) is 26.9. The third-order valence-corrected chi connectivity index (χ3v) is 13.2. The zero-order valence-electron chi connectivity index (χ0n) is 33.1. The van der Waals surface area contributed by atoms with Crippen molar-refractivity contribution in [1.82, 2.24) is 10.2 Å². The van der Waals surface area contributed by atoms with E-state index in [1.54, 1.807) is 0 Å². The first kappa shape index (κ1) is 35.9. The molecule has 0 spiro atoms. The number of benzene rings is 3. The van der Waals surface area contributed by atoms with Crippen LogP contribution in [0.1, 0.15) is 74.6 Å². The smallest absolute Gasteiger partial charge is 0.145 e. The van der Waals surface area contributed by atoms with Gasteiger partial charge in [-0.05, 0) is 99.7 Å². The number of furan rings is 1. The summed E-state index contributed by atoms with van der Waals surface area (Å²) in [6.45, 7) is 2.30. The van der Waals surface area contributed by atoms with E-state index in [9.17, 15) is 0 Å². The predicted octanol–water partition coefficient (Wildman–Crippen LogP) is 10.8. The fourth-order valence-corrected chi connectivity index (χ4v) is 10.2. The molecule has 6 aliphatic rings. The minimum absolute atomic E-state index is 0.0704. The molecular formula is C51H53N5O. The van der Waals surface area contributed by atoms with Gasteiger partial charge in [-0.2, -0.15) is 0 Å². The van der Waals surface area contributed by atoms with Gasteiger partial charge in [0.2, 0.25) is 0 Å². The summed E-state index contributed by atoms with van der Waals surface area (Å²) in [5.41, 5.74) is 18.2. The molecule has 288 valence electrons. The van der Waals surface area contributed by atoms with Crippen molar-refractivity contribution in [3.05, 3.63) is 167 Å². The van der Waals surface area contributed by atoms with E-state index in [0.29, 0.717) is 18.0 Å². The van der Waals surface area contributed by atoms with Crippen LogP contribution in [0.2, 0.25) is 0 Å². The second-order valence-corrected chi connectivity index (χ2v) is 16.7. The summed E-state index contributed by atoms with van der Waals surface area (Å²) in [6, 6.07) is 22.2. The molecule has 57 heavy (non-hydrogen) atoms. The van der Waals surface area contributed by atoms with E-state index in [1.807, 2.05) is 0 Å². The SMILES string of the molecule is C/C(=C\C(C(N)c1ccc2c(c1)oc1c3c(ccc12)N(C1C=CC=CC1)C1CC=CC=C31)C1NC(c2ccccc2)=NC(C2=CC=CCC2)N1C)C1C=CCCC1. The summed E-state index contributed by atoms with van der Waals surface area (Å²) in [7, 11) is 2.21. The van der Waals surface area contributed by atoms with Crippen LogP contribution in [0, 0.1) is 11.8 Å². The van der Waals surface area contributed by atoms with Crippen LogP contribution in [0.3, 0.4) is 0 Å². The Morgan fingerprint density at radius 1 is 0.912 bits per heavy atom. The minimum atomic E-state index is -0.316. The number of likely N-dealkylation sites (N-methyl/N-ethyl adjacent to an activating group) is 1. The highest BCUT2D eigenvalue weighted by molar-refractivity contribution is 6.12. The first-order valence-corrected chi connectivity index (χ1v) is 21.1. The molecule has 6 heteroatoms. The van der Waals surface area contributed by atoms with Gasteiger partial charge in [0, 0.05) is 39.5 Å². The van der Waals surface area contributed by atoms with Gasteiger partial charge in [0.25, 0.3) is 0 Å². The van der Waals surface area contributed by atoms with Gasteiger partial charge in [-0.1, -0.05) is 127 Å². The summed E-state index contributed by atoms with van der Waals surface area (Å²) in [4.78, 5) is 10.4. The van der Waals surface area contributed by atoms with Crippen LogP contribution >= 0.6 is 0 Å². The Kier molecular flexibility index (Phi) is 9.55. The highest BCUT2D eigenvalue weighted by Crippen LogP contribution is 2.50. The van der Waals surface area contributed by atoms with Crippen LogP contribution < -0.4 is 16.0 Å². The molecule has 7 atom stereocenters. The summed E-state index contributed by atoms with van der Waals surface area (Å²) in [6.07, 6.45) is 37.1. The third kappa shape index (κ3) is 6.49. The average molecular weight is 752 g/mol. The standard InChI is InChI=1S/C51H53N5O/c1-33(34-17-7-3-8-18-34)31-42(51-54-49(35-19-9-4-10-20-35)53-50(55(51)2)36-21-11-5-12-22-36)47(52)37-27-28-39-40-29-30-44-46(48(40)57-45(39)32-37)41-25-15-16-26-43(41)56(44)38-23-13-6-14-24-38/h4-7,9-11,13-17,19-21,23,25,27-32,34,38,42-43,47,50-51H,3,8,12,18,22,24,26,52H2,1-2H3,(H,53,54)/b33-31+. The largest absolute Gasteiger partial charge is 0.455 e. The summed E-state index contributed by atoms with van der Waals surface area (Å²) in [5, 5.41) is 6.22. The second-order valence-electron chi connectivity index (χ2n) is 16.7. The first-order valence-electron chi connectivity index (χ1n) is 21.1. The van der Waals surface area contributed by atoms with Crippen LogP contribution in [-0.2, 0) is 0 Å². The fraction of sp³-hybridized carbons (Fsp3) is 0.314. The van der Waals surface area contributed by atoms with E-state index < -0.39 is 0 Å². The molecule has 2 aliphatic heterocycles. The Morgan fingerprint density at radius 2 is 1.77 bits per heavy atom. The number of aliphatic imine (C=N–C) groups is 1. The molecular weight excluding hydrogens is 699 g/mol. The zero-order chi connectivity index (χ0) is 38.5. The maximum atomic E-state index is 7.61. The van der Waals surface area contributed by atoms with Gasteiger partial charge in [0.1, 0.15) is 23.2 Å². The lowest BCUT2D eigenvalue weighted by atomic mass is 9.83. The monoisotopic (exact) mass is 751 g/mol. The number of rotatable bonds is 8. The van der Waals surface area contributed by atoms with Crippen molar-refractivity contribution in [2.45, 2.75) is 82.3 Å². The minimum Gasteiger partial charge on any atom is -0.455 e. The molecule has 3 N–H and O–H groups in total. The van der Waals surface area contributed by atoms with Crippen molar-refractivity contribution in [3.63, 3.8) is 0 Å². The zero-order valence-corrected chi connectivity index (χ0v) is 33.1. The van der Waals surface area contributed by atoms with Gasteiger partial charge in [-0.25, -0.2) is 4.99 Å². The van der Waals surface area contributed by atoms with Gasteiger partial charge >= 0.3 is 0 Å². The van der Waals surface area contributed by atoms with Crippen molar-refractivity contribution in [3.8, 4) is 0 Å². The highest BCUT2D eigenvalue weighted by atomic mass is 16.3. The van der Waals surface area contributed by atoms with Crippen LogP contribution in [0.25, 0.3) is 27.5 Å². The Hall–Kier alpha value is -5.43. The Morgan fingerprint density at radius 3 is 2.58 bits per heavy atom. The molecule has 4 aliphatic carbocycles. The van der Waals surface area contributed by atoms with E-state index in [-0.39, 0.29) is 24.3 Å². The second kappa shape index (κ2) is 15.1. The number of fused-ring (bicyclic) bond motifs is 7. The topological polar surface area (TPSA) is 70.0 Å². The van der Waals surface area contributed by atoms with Crippen molar-refractivity contribution < 1.29 is 4.42 Å². The number of nitrogens with one attached hydrogen (secondary N) is 1. The third-order valence-electron chi connectivity index (χ3n) is 13.2. The molecule has 10 rings (SSSR count). The molecule has 0 fully saturated rings. The van der Waals surface area contributed by atoms with Crippen LogP contribution in [0.5, 0.6) is 0 Å². The number of hydrogen-bond acceptors (Lipinski definition) is 6. The van der Waals surface area contributed by atoms with Gasteiger partial charge in [0.05, 0.1) is 18.2 Å². The lowest BCUT2D eigenvalue weighted by Crippen LogP contribution is -2.60. The maximum Gasteiger partial charge on any atom is 0.145 e. The maximum absolute atomic E-state index is 7.61. The number of hydrogen-bond donors (Lipinski definition) is 2. The lowest BCUT2D eigenvalue weighted by molar-refractivity contribution is 0.122. The molecule has 3 heterocycles. The molecule has 0 saturated carbocycles. The van der Waals surface area contributed by atoms with Gasteiger partial charge in [-0.3, -0.25) is 4.90 Å². The molecule has 0 amide bonds. The summed E-state index contributed by atoms with van der Waals surface area (Å²) < 4.78 is 7.00. The lowest BCUT2D eigenvalue weighted by Gasteiger charge is -2.45. The number of nitrogens with two attached hydrogens (primary N) is 1. The molecule has 4 aromatic rings. The van der Waals surface area contributed by atoms with Gasteiger partial charge in [0.15, 0.2) is 0 Å². The number of allylic oxidation sites excluding steroid dienone is 10. The molecule has 0 radical (unpaired) electrons. The molecule has 1 aromatic heterocycles. The Balaban J connectivity index is 1.06. The van der Waals surface area contributed by atoms with E-state index in [4.69, 9.17) is 15.1 Å². The number of nitrogens with zero attached hydrogens (tertiary/aromatic N) is 3. The fourth-order valence-electron chi connectivity index (χ4n) is 10.2. The van der Waals surface area contributed by atoms with E-state index >= 15 is 0 Å². The number of amidine groups is 1. The number of anilines is 1. The average Bonchev–Trinajstić information content (AvgIpc) is 3.82. The quantitative estimate of drug-likeness (QED) is 0.176.